The zero-order valence-corrected chi connectivity index (χ0v) is 59.1. The van der Waals surface area contributed by atoms with Crippen LogP contribution >= 0.6 is 31.9 Å². The number of anilines is 1. The van der Waals surface area contributed by atoms with Crippen LogP contribution in [-0.2, 0) is 39.3 Å². The molecule has 3 N–H and O–H groups in total. The van der Waals surface area contributed by atoms with E-state index in [0.717, 1.165) is 141 Å². The van der Waals surface area contributed by atoms with Crippen molar-refractivity contribution < 1.29 is 53.1 Å². The van der Waals surface area contributed by atoms with Gasteiger partial charge in [-0.05, 0) is 200 Å². The Hall–Kier alpha value is -5.39. The minimum absolute atomic E-state index is 0.00291. The Labute approximate surface area is 570 Å². The van der Waals surface area contributed by atoms with Gasteiger partial charge in [0, 0.05) is 92.4 Å². The number of aliphatic hydroxyl groups excluding tert-OH is 1. The minimum Gasteiger partial charge on any atom is -0.508 e. The van der Waals surface area contributed by atoms with Gasteiger partial charge in [0.05, 0.1) is 54.7 Å². The minimum atomic E-state index is -0.613. The molecule has 12 nitrogen and oxygen atoms in total. The predicted molar refractivity (Wildman–Crippen MR) is 377 cm³/mol. The molecule has 93 heavy (non-hydrogen) atoms. The summed E-state index contributed by atoms with van der Waals surface area (Å²) in [5, 5.41) is 32.4. The summed E-state index contributed by atoms with van der Waals surface area (Å²) in [5.41, 5.74) is 14.1. The molecule has 5 aromatic rings. The van der Waals surface area contributed by atoms with Gasteiger partial charge in [0.25, 0.3) is 0 Å². The van der Waals surface area contributed by atoms with Gasteiger partial charge in [0.2, 0.25) is 5.69 Å². The molecule has 3 fully saturated rings. The Morgan fingerprint density at radius 1 is 0.624 bits per heavy atom. The van der Waals surface area contributed by atoms with Crippen LogP contribution in [0.2, 0.25) is 0 Å². The lowest BCUT2D eigenvalue weighted by molar-refractivity contribution is -0.433. The van der Waals surface area contributed by atoms with Crippen LogP contribution in [0.3, 0.4) is 0 Å². The molecule has 3 saturated heterocycles. The number of ether oxygens (including phenoxy) is 7. The molecular weight excluding hydrogens is 1300 g/mol. The number of fused-ring (bicyclic) bond motifs is 2. The smallest absolute Gasteiger partial charge is 0.209 e. The second-order valence-electron chi connectivity index (χ2n) is 27.4. The molecule has 10 unspecified atom stereocenters. The normalized spacial score (nSPS) is 26.5. The van der Waals surface area contributed by atoms with Crippen molar-refractivity contribution in [3.05, 3.63) is 193 Å². The van der Waals surface area contributed by atoms with Gasteiger partial charge in [-0.25, -0.2) is 0 Å². The van der Waals surface area contributed by atoms with Crippen LogP contribution in [0.1, 0.15) is 211 Å². The number of rotatable bonds is 25. The van der Waals surface area contributed by atoms with Crippen LogP contribution in [0.15, 0.2) is 165 Å². The molecule has 0 bridgehead atoms. The van der Waals surface area contributed by atoms with Crippen molar-refractivity contribution in [2.24, 2.45) is 0 Å². The van der Waals surface area contributed by atoms with Crippen molar-refractivity contribution in [2.45, 2.75) is 237 Å². The Bertz CT molecular complexity index is 3550. The number of phenols is 2. The largest absolute Gasteiger partial charge is 0.508 e. The lowest BCUT2D eigenvalue weighted by atomic mass is 9.80. The highest BCUT2D eigenvalue weighted by Crippen LogP contribution is 2.50. The number of hydrogen-bond donors (Lipinski definition) is 3. The summed E-state index contributed by atoms with van der Waals surface area (Å²) in [4.78, 5) is 2.48. The van der Waals surface area contributed by atoms with Crippen LogP contribution in [0.5, 0.6) is 17.2 Å². The molecule has 1 aliphatic carbocycles. The molecule has 11 rings (SSSR count). The molecule has 0 radical (unpaired) electrons. The van der Waals surface area contributed by atoms with Crippen LogP contribution in [0, 0.1) is 0 Å². The first-order valence-corrected chi connectivity index (χ1v) is 36.2. The molecule has 14 heteroatoms. The maximum absolute atomic E-state index is 11.8. The second kappa shape index (κ2) is 31.2. The number of hydrogen-bond acceptors (Lipinski definition) is 11. The fourth-order valence-corrected chi connectivity index (χ4v) is 16.0. The van der Waals surface area contributed by atoms with Gasteiger partial charge in [-0.15, -0.1) is 0 Å². The highest BCUT2D eigenvalue weighted by molar-refractivity contribution is 9.10. The molecule has 5 aliphatic heterocycles. The molecule has 0 spiro atoms. The van der Waals surface area contributed by atoms with E-state index in [0.29, 0.717) is 19.4 Å². The van der Waals surface area contributed by atoms with Crippen molar-refractivity contribution in [3.63, 3.8) is 0 Å². The maximum atomic E-state index is 11.8. The number of halogens is 2. The number of likely N-dealkylation sites (N-methyl/N-ethyl adjacent to an activating group) is 1. The zero-order chi connectivity index (χ0) is 65.4. The van der Waals surface area contributed by atoms with Crippen molar-refractivity contribution in [1.29, 1.82) is 0 Å². The monoisotopic (exact) mass is 1390 g/mol. The summed E-state index contributed by atoms with van der Waals surface area (Å²) in [6.07, 6.45) is 21.2. The number of nitrogens with zero attached hydrogens (tertiary/aromatic N) is 2. The number of phenolic OH excluding ortho intramolecular Hbond substituents is 2. The van der Waals surface area contributed by atoms with E-state index in [1.807, 2.05) is 36.4 Å². The first kappa shape index (κ1) is 69.0. The third-order valence-corrected chi connectivity index (χ3v) is 21.1. The van der Waals surface area contributed by atoms with E-state index in [2.05, 4.69) is 170 Å². The average Bonchev–Trinajstić information content (AvgIpc) is 1.61. The first-order valence-electron chi connectivity index (χ1n) is 34.7. The predicted octanol–water partition coefficient (Wildman–Crippen LogP) is 19.4. The van der Waals surface area contributed by atoms with Crippen molar-refractivity contribution in [2.75, 3.05) is 24.6 Å². The van der Waals surface area contributed by atoms with Gasteiger partial charge in [-0.3, -0.25) is 0 Å². The topological polar surface area (TPSA) is 132 Å². The summed E-state index contributed by atoms with van der Waals surface area (Å²) < 4.78 is 51.0. The maximum Gasteiger partial charge on any atom is 0.209 e. The summed E-state index contributed by atoms with van der Waals surface area (Å²) in [6, 6.07) is 35.9. The van der Waals surface area contributed by atoms with Gasteiger partial charge in [-0.2, -0.15) is 4.58 Å². The summed E-state index contributed by atoms with van der Waals surface area (Å²) in [5.74, 6) is 1.14. The number of allylic oxidation sites excluding steroid dienone is 7. The van der Waals surface area contributed by atoms with E-state index in [1.54, 1.807) is 24.3 Å². The molecule has 0 amide bonds. The molecule has 0 saturated carbocycles. The molecule has 5 heterocycles. The van der Waals surface area contributed by atoms with Gasteiger partial charge in [0.15, 0.2) is 24.6 Å². The highest BCUT2D eigenvalue weighted by atomic mass is 79.9. The quantitative estimate of drug-likeness (QED) is 0.0483. The van der Waals surface area contributed by atoms with Crippen LogP contribution in [0.4, 0.5) is 11.4 Å². The standard InChI is InChI=1S/C79H98Br2N2O10/c1-9-19-63-50-67(47-60(86)27-17-29-65-49-66(92-76(91-65)54-23-15-26-59(85)43-54)31-18-30-64-48-61(10-2)88-75(90-64)53-22-14-25-58(84)42-53)93-77(89-63)55-24-16-28-62(44-55)87-41-40-68-51(32-38-73-78(5,6)69-45-56(80)34-36-71(69)82(73)11-3)20-13-21-52(68)33-39-74-79(7,8)70-46-57(81)35-37-72(70)83(74)12-4/h14-16,22-26,28,32-39,42-46,60-61,63-67,75-77,86H,9-13,17-21,27,29-31,40-41,47-50H2,1-8H3,(H-,84,85)/p+1. The van der Waals surface area contributed by atoms with E-state index >= 15 is 0 Å². The number of aliphatic hydroxyl groups is 1. The van der Waals surface area contributed by atoms with Crippen molar-refractivity contribution in [1.82, 2.24) is 0 Å². The lowest BCUT2D eigenvalue weighted by Crippen LogP contribution is -2.36. The molecule has 6 aliphatic rings. The van der Waals surface area contributed by atoms with Gasteiger partial charge < -0.3 is 53.4 Å². The lowest BCUT2D eigenvalue weighted by Gasteiger charge is -2.38. The fourth-order valence-electron chi connectivity index (χ4n) is 15.3. The van der Waals surface area contributed by atoms with E-state index < -0.39 is 25.0 Å². The van der Waals surface area contributed by atoms with E-state index in [-0.39, 0.29) is 59.0 Å². The number of aromatic hydroxyl groups is 2. The summed E-state index contributed by atoms with van der Waals surface area (Å²) in [6.45, 7) is 20.5. The van der Waals surface area contributed by atoms with E-state index in [4.69, 9.17) is 33.2 Å². The summed E-state index contributed by atoms with van der Waals surface area (Å²) in [7, 11) is 0. The molecule has 10 atom stereocenters. The van der Waals surface area contributed by atoms with Crippen molar-refractivity contribution in [3.8, 4) is 17.2 Å². The average molecular weight is 1400 g/mol. The van der Waals surface area contributed by atoms with Crippen LogP contribution < -0.4 is 9.64 Å². The Morgan fingerprint density at radius 2 is 1.20 bits per heavy atom. The van der Waals surface area contributed by atoms with Gasteiger partial charge >= 0.3 is 0 Å². The second-order valence-corrected chi connectivity index (χ2v) is 29.3. The molecule has 5 aromatic carbocycles. The Morgan fingerprint density at radius 3 is 1.84 bits per heavy atom. The SMILES string of the molecule is CCCC1CC(CC(O)CCCC2CC(CCCC3CC(CC)OC(c4cccc(O)c4)O3)OC(c3cccc(O)c3)O2)OC(c2cccc(OCCC3=C(/C=C/C4=[N+](CC)c5ccc(Br)cc5C4(C)C)CCC/C3=C\C=C3\N(CC)c4ccc(Br)cc4C3(C)C)c2)O1. The van der Waals surface area contributed by atoms with Crippen molar-refractivity contribution >= 4 is 48.9 Å². The number of benzene rings is 5. The first-order chi connectivity index (χ1) is 44.9. The van der Waals surface area contributed by atoms with Gasteiger partial charge in [0.1, 0.15) is 23.8 Å². The zero-order valence-electron chi connectivity index (χ0n) is 56.0. The third kappa shape index (κ3) is 16.5. The summed E-state index contributed by atoms with van der Waals surface area (Å²) >= 11 is 7.53. The fraction of sp³-hybridized carbons (Fsp3) is 0.506. The van der Waals surface area contributed by atoms with Crippen LogP contribution in [0.25, 0.3) is 0 Å². The van der Waals surface area contributed by atoms with Crippen LogP contribution in [-0.4, -0.2) is 88.0 Å². The van der Waals surface area contributed by atoms with E-state index in [9.17, 15) is 15.3 Å². The highest BCUT2D eigenvalue weighted by Gasteiger charge is 2.45. The molecule has 0 aromatic heterocycles. The van der Waals surface area contributed by atoms with E-state index in [1.165, 1.54) is 50.6 Å². The third-order valence-electron chi connectivity index (χ3n) is 20.1. The molecular formula is C79H99Br2N2O10+. The Kier molecular flexibility index (Phi) is 23.1. The molecule has 498 valence electrons. The Balaban J connectivity index is 0.739. The van der Waals surface area contributed by atoms with Gasteiger partial charge in [-0.1, -0.05) is 115 Å².